The van der Waals surface area contributed by atoms with E-state index in [2.05, 4.69) is 15.7 Å². The highest BCUT2D eigenvalue weighted by molar-refractivity contribution is 7.13. The highest BCUT2D eigenvalue weighted by Gasteiger charge is 2.26. The molecule has 0 bridgehead atoms. The number of aliphatic hydroxyl groups is 1. The zero-order valence-corrected chi connectivity index (χ0v) is 14.9. The Morgan fingerprint density at radius 1 is 1.27 bits per heavy atom. The first-order valence-electron chi connectivity index (χ1n) is 8.58. The Morgan fingerprint density at radius 3 is 2.81 bits per heavy atom. The lowest BCUT2D eigenvalue weighted by molar-refractivity contribution is 0.0927. The quantitative estimate of drug-likeness (QED) is 0.643. The first kappa shape index (κ1) is 17.0. The predicted molar refractivity (Wildman–Crippen MR) is 102 cm³/mol. The molecule has 2 atom stereocenters. The molecule has 1 fully saturated rings. The van der Waals surface area contributed by atoms with Crippen LogP contribution in [0.2, 0.25) is 0 Å². The van der Waals surface area contributed by atoms with Gasteiger partial charge in [0.1, 0.15) is 5.69 Å². The van der Waals surface area contributed by atoms with E-state index in [4.69, 9.17) is 0 Å². The monoisotopic (exact) mass is 368 g/mol. The fourth-order valence-corrected chi connectivity index (χ4v) is 3.82. The molecule has 1 amide bonds. The van der Waals surface area contributed by atoms with Crippen molar-refractivity contribution in [2.75, 3.05) is 19.6 Å². The van der Waals surface area contributed by atoms with Crippen LogP contribution in [0.5, 0.6) is 0 Å². The summed E-state index contributed by atoms with van der Waals surface area (Å²) in [6, 6.07) is 13.6. The molecule has 2 unspecified atom stereocenters. The molecule has 0 aliphatic carbocycles. The second-order valence-electron chi connectivity index (χ2n) is 6.34. The van der Waals surface area contributed by atoms with Crippen molar-refractivity contribution in [1.29, 1.82) is 0 Å². The fourth-order valence-electron chi connectivity index (χ4n) is 3.09. The number of carbonyl (C=O) groups is 1. The van der Waals surface area contributed by atoms with E-state index in [0.717, 1.165) is 10.6 Å². The third kappa shape index (κ3) is 3.41. The summed E-state index contributed by atoms with van der Waals surface area (Å²) in [5.74, 6) is -0.136. The molecular weight excluding hydrogens is 348 g/mol. The van der Waals surface area contributed by atoms with Gasteiger partial charge in [-0.15, -0.1) is 11.3 Å². The lowest BCUT2D eigenvalue weighted by Crippen LogP contribution is -2.34. The molecule has 3 heterocycles. The molecule has 0 radical (unpaired) electrons. The smallest absolute Gasteiger partial charge is 0.255 e. The second kappa shape index (κ2) is 7.41. The van der Waals surface area contributed by atoms with Crippen LogP contribution in [0.1, 0.15) is 10.4 Å². The maximum Gasteiger partial charge on any atom is 0.255 e. The molecule has 1 aliphatic heterocycles. The summed E-state index contributed by atoms with van der Waals surface area (Å²) in [4.78, 5) is 13.8. The van der Waals surface area contributed by atoms with Gasteiger partial charge in [0.15, 0.2) is 0 Å². The van der Waals surface area contributed by atoms with Gasteiger partial charge in [-0.3, -0.25) is 4.79 Å². The minimum Gasteiger partial charge on any atom is -0.391 e. The number of benzene rings is 1. The summed E-state index contributed by atoms with van der Waals surface area (Å²) in [5.41, 5.74) is 2.11. The lowest BCUT2D eigenvalue weighted by Gasteiger charge is -2.13. The van der Waals surface area contributed by atoms with Gasteiger partial charge < -0.3 is 15.7 Å². The van der Waals surface area contributed by atoms with Crippen LogP contribution in [0.3, 0.4) is 0 Å². The summed E-state index contributed by atoms with van der Waals surface area (Å²) < 4.78 is 1.73. The van der Waals surface area contributed by atoms with Gasteiger partial charge in [-0.2, -0.15) is 5.10 Å². The largest absolute Gasteiger partial charge is 0.391 e. The number of nitrogens with one attached hydrogen (secondary N) is 2. The van der Waals surface area contributed by atoms with Crippen molar-refractivity contribution >= 4 is 17.2 Å². The second-order valence-corrected chi connectivity index (χ2v) is 7.29. The Kier molecular flexibility index (Phi) is 4.83. The summed E-state index contributed by atoms with van der Waals surface area (Å²) in [6.45, 7) is 1.73. The van der Waals surface area contributed by atoms with Crippen molar-refractivity contribution in [3.63, 3.8) is 0 Å². The van der Waals surface area contributed by atoms with Gasteiger partial charge in [-0.25, -0.2) is 4.68 Å². The fraction of sp³-hybridized carbons (Fsp3) is 0.263. The highest BCUT2D eigenvalue weighted by atomic mass is 32.1. The molecule has 1 aromatic carbocycles. The minimum absolute atomic E-state index is 0.0355. The molecule has 3 N–H and O–H groups in total. The number of hydrogen-bond acceptors (Lipinski definition) is 5. The minimum atomic E-state index is -0.417. The number of aromatic nitrogens is 2. The number of nitrogens with zero attached hydrogens (tertiary/aromatic N) is 2. The normalized spacial score (nSPS) is 19.6. The third-order valence-corrected chi connectivity index (χ3v) is 5.44. The van der Waals surface area contributed by atoms with E-state index in [1.807, 2.05) is 47.8 Å². The van der Waals surface area contributed by atoms with E-state index in [-0.39, 0.29) is 11.8 Å². The Morgan fingerprint density at radius 2 is 2.12 bits per heavy atom. The standard InChI is InChI=1S/C19H20N4O2S/c24-16-11-20-9-13(16)10-21-19(25)15-12-23(14-5-2-1-3-6-14)22-18(15)17-7-4-8-26-17/h1-8,12-13,16,20,24H,9-11H2,(H,21,25). The number of rotatable bonds is 5. The van der Waals surface area contributed by atoms with Gasteiger partial charge in [0, 0.05) is 31.7 Å². The highest BCUT2D eigenvalue weighted by Crippen LogP contribution is 2.27. The van der Waals surface area contributed by atoms with Crippen LogP contribution >= 0.6 is 11.3 Å². The van der Waals surface area contributed by atoms with E-state index in [1.165, 1.54) is 0 Å². The molecule has 6 nitrogen and oxygen atoms in total. The number of carbonyl (C=O) groups excluding carboxylic acids is 1. The van der Waals surface area contributed by atoms with Crippen molar-refractivity contribution in [2.24, 2.45) is 5.92 Å². The summed E-state index contributed by atoms with van der Waals surface area (Å²) in [7, 11) is 0. The third-order valence-electron chi connectivity index (χ3n) is 4.56. The van der Waals surface area contributed by atoms with Gasteiger partial charge >= 0.3 is 0 Å². The molecule has 2 aromatic heterocycles. The van der Waals surface area contributed by atoms with Gasteiger partial charge in [0.25, 0.3) is 5.91 Å². The molecule has 0 spiro atoms. The summed E-state index contributed by atoms with van der Waals surface area (Å²) in [6.07, 6.45) is 1.35. The average Bonchev–Trinajstić information content (AvgIpc) is 3.41. The van der Waals surface area contributed by atoms with Gasteiger partial charge in [0.05, 0.1) is 22.2 Å². The van der Waals surface area contributed by atoms with E-state index >= 15 is 0 Å². The molecule has 134 valence electrons. The Balaban J connectivity index is 1.61. The van der Waals surface area contributed by atoms with Crippen LogP contribution in [-0.4, -0.2) is 46.5 Å². The molecular formula is C19H20N4O2S. The van der Waals surface area contributed by atoms with Crippen LogP contribution in [0.25, 0.3) is 16.3 Å². The number of hydrogen-bond donors (Lipinski definition) is 3. The van der Waals surface area contributed by atoms with Gasteiger partial charge in [0.2, 0.25) is 0 Å². The van der Waals surface area contributed by atoms with Crippen molar-refractivity contribution < 1.29 is 9.90 Å². The van der Waals surface area contributed by atoms with Gasteiger partial charge in [-0.1, -0.05) is 24.3 Å². The number of aliphatic hydroxyl groups excluding tert-OH is 1. The molecule has 4 rings (SSSR count). The number of amides is 1. The van der Waals surface area contributed by atoms with E-state index in [0.29, 0.717) is 30.9 Å². The Bertz CT molecular complexity index is 876. The SMILES string of the molecule is O=C(NCC1CNCC1O)c1cn(-c2ccccc2)nc1-c1cccs1. The molecule has 3 aromatic rings. The molecule has 7 heteroatoms. The van der Waals surface area contributed by atoms with Crippen LogP contribution in [0.4, 0.5) is 0 Å². The summed E-state index contributed by atoms with van der Waals surface area (Å²) >= 11 is 1.55. The lowest BCUT2D eigenvalue weighted by atomic mass is 10.1. The van der Waals surface area contributed by atoms with E-state index in [1.54, 1.807) is 22.2 Å². The number of thiophene rings is 1. The van der Waals surface area contributed by atoms with Crippen molar-refractivity contribution in [1.82, 2.24) is 20.4 Å². The van der Waals surface area contributed by atoms with Crippen molar-refractivity contribution in [3.8, 4) is 16.3 Å². The average molecular weight is 368 g/mol. The summed E-state index contributed by atoms with van der Waals surface area (Å²) in [5, 5.41) is 22.6. The first-order valence-corrected chi connectivity index (χ1v) is 9.46. The predicted octanol–water partition coefficient (Wildman–Crippen LogP) is 1.91. The first-order chi connectivity index (χ1) is 12.7. The Hall–Kier alpha value is -2.48. The van der Waals surface area contributed by atoms with E-state index < -0.39 is 6.10 Å². The maximum atomic E-state index is 12.8. The molecule has 1 aliphatic rings. The van der Waals surface area contributed by atoms with Crippen molar-refractivity contribution in [2.45, 2.75) is 6.10 Å². The van der Waals surface area contributed by atoms with Crippen LogP contribution in [-0.2, 0) is 0 Å². The molecule has 1 saturated heterocycles. The van der Waals surface area contributed by atoms with Crippen LogP contribution in [0, 0.1) is 5.92 Å². The molecule has 26 heavy (non-hydrogen) atoms. The van der Waals surface area contributed by atoms with Crippen LogP contribution in [0.15, 0.2) is 54.0 Å². The van der Waals surface area contributed by atoms with Gasteiger partial charge in [-0.05, 0) is 23.6 Å². The van der Waals surface area contributed by atoms with E-state index in [9.17, 15) is 9.90 Å². The number of β-amino-alcohol motifs (C(OH)–C–C–N with tert-alkyl or cyclic N) is 1. The molecule has 0 saturated carbocycles. The maximum absolute atomic E-state index is 12.8. The van der Waals surface area contributed by atoms with Crippen molar-refractivity contribution in [3.05, 3.63) is 59.6 Å². The Labute approximate surface area is 155 Å². The number of para-hydroxylation sites is 1. The zero-order chi connectivity index (χ0) is 17.9. The zero-order valence-electron chi connectivity index (χ0n) is 14.1. The van der Waals surface area contributed by atoms with Crippen LogP contribution < -0.4 is 10.6 Å². The topological polar surface area (TPSA) is 79.2 Å².